The molecule has 0 aromatic heterocycles. The smallest absolute Gasteiger partial charge is 0.0178 e. The first-order chi connectivity index (χ1) is 2.27. The predicted molar refractivity (Wildman–Crippen MR) is 34.3 cm³/mol. The minimum atomic E-state index is -0.969. The Balaban J connectivity index is 3.23. The van der Waals surface area contributed by atoms with E-state index in [-0.39, 0.29) is 0 Å². The molecule has 0 amide bonds. The van der Waals surface area contributed by atoms with Crippen molar-refractivity contribution in [1.82, 2.24) is 0 Å². The van der Waals surface area contributed by atoms with Gasteiger partial charge >= 0.3 is 0 Å². The number of hydrogen-bond donors (Lipinski definition) is 1. The predicted octanol–water partition coefficient (Wildman–Crippen LogP) is -0.0175. The maximum Gasteiger partial charge on any atom is 0.0178 e. The van der Waals surface area contributed by atoms with Gasteiger partial charge in [0.1, 0.15) is 0 Å². The Bertz CT molecular complexity index is 65.0. The molecule has 1 atom stereocenters. The van der Waals surface area contributed by atoms with Crippen molar-refractivity contribution in [2.45, 2.75) is 0 Å². The Morgan fingerprint density at radius 1 is 1.60 bits per heavy atom. The summed E-state index contributed by atoms with van der Waals surface area (Å²) in [4.78, 5) is 0. The average Bonchev–Trinajstić information content (AvgIpc) is 1.38. The summed E-state index contributed by atoms with van der Waals surface area (Å²) in [5, 5.41) is 0. The zero-order valence-electron chi connectivity index (χ0n) is 2.25. The van der Waals surface area contributed by atoms with Gasteiger partial charge in [-0.15, -0.1) is 0 Å². The monoisotopic (exact) mass is 146 g/mol. The van der Waals surface area contributed by atoms with Crippen molar-refractivity contribution in [3.05, 3.63) is 0 Å². The van der Waals surface area contributed by atoms with Crippen LogP contribution >= 0.6 is 9.47 Å². The Kier molecular flexibility index (Phi) is 4.17. The third-order valence-electron chi connectivity index (χ3n) is 0.0861. The van der Waals surface area contributed by atoms with Gasteiger partial charge in [0.05, 0.1) is 0 Å². The van der Waals surface area contributed by atoms with Crippen molar-refractivity contribution >= 4 is 40.1 Å². The van der Waals surface area contributed by atoms with Crippen LogP contribution in [0.4, 0.5) is 0 Å². The molecule has 0 saturated carbocycles. The summed E-state index contributed by atoms with van der Waals surface area (Å²) in [5.74, 6) is 0. The lowest BCUT2D eigenvalue weighted by Crippen LogP contribution is -1.56. The fourth-order valence-electron chi connectivity index (χ4n) is 0. The van der Waals surface area contributed by atoms with Crippen LogP contribution in [0.25, 0.3) is 0 Å². The van der Waals surface area contributed by atoms with E-state index in [1.165, 1.54) is 0 Å². The van der Waals surface area contributed by atoms with Crippen molar-refractivity contribution in [3.63, 3.8) is 0 Å². The van der Waals surface area contributed by atoms with Gasteiger partial charge in [-0.2, -0.15) is 0 Å². The van der Waals surface area contributed by atoms with Gasteiger partial charge in [-0.25, -0.2) is 0 Å². The minimum Gasteiger partial charge on any atom is -0.298 e. The first-order valence-electron chi connectivity index (χ1n) is 0.783. The molecule has 0 saturated heterocycles. The maximum absolute atomic E-state index is 4.42. The van der Waals surface area contributed by atoms with E-state index in [1.807, 2.05) is 9.47 Å². The van der Waals surface area contributed by atoms with Gasteiger partial charge in [0.15, 0.2) is 0 Å². The lowest BCUT2D eigenvalue weighted by atomic mass is 15.9. The Labute approximate surface area is 44.4 Å². The summed E-state index contributed by atoms with van der Waals surface area (Å²) >= 11 is 8.83. The van der Waals surface area contributed by atoms with Gasteiger partial charge in [0.25, 0.3) is 0 Å². The molecule has 32 valence electrons. The third kappa shape index (κ3) is 5.18. The molecule has 0 aliphatic carbocycles. The molecule has 1 unspecified atom stereocenters. The Morgan fingerprint density at radius 2 is 1.80 bits per heavy atom. The standard InChI is InChI=1S/H3OPS3/c2-1-5(3)4/h5H,2H2. The summed E-state index contributed by atoms with van der Waals surface area (Å²) in [7, 11) is 1.05. The zero-order valence-corrected chi connectivity index (χ0v) is 5.93. The Morgan fingerprint density at radius 3 is 1.80 bits per heavy atom. The second-order valence-corrected chi connectivity index (χ2v) is 4.30. The number of rotatable bonds is 1. The van der Waals surface area contributed by atoms with Crippen LogP contribution in [0.1, 0.15) is 0 Å². The summed E-state index contributed by atoms with van der Waals surface area (Å²) in [6, 6.07) is 0. The summed E-state index contributed by atoms with van der Waals surface area (Å²) in [6.07, 6.45) is 0. The van der Waals surface area contributed by atoms with E-state index in [4.69, 9.17) is 0 Å². The van der Waals surface area contributed by atoms with Gasteiger partial charge in [0.2, 0.25) is 0 Å². The topological polar surface area (TPSA) is 9.23 Å². The molecule has 0 aliphatic heterocycles. The SMILES string of the molecule is PO[SH](=S)=S. The van der Waals surface area contributed by atoms with Gasteiger partial charge < -0.3 is 0 Å². The first-order valence-corrected chi connectivity index (χ1v) is 4.54. The average molecular weight is 146 g/mol. The van der Waals surface area contributed by atoms with Crippen LogP contribution in [-0.2, 0) is 34.6 Å². The lowest BCUT2D eigenvalue weighted by molar-refractivity contribution is 0.767. The van der Waals surface area contributed by atoms with Crippen molar-refractivity contribution in [1.29, 1.82) is 0 Å². The summed E-state index contributed by atoms with van der Waals surface area (Å²) < 4.78 is 4.36. The van der Waals surface area contributed by atoms with E-state index in [2.05, 4.69) is 26.3 Å². The van der Waals surface area contributed by atoms with Gasteiger partial charge in [-0.05, 0) is 22.4 Å². The highest BCUT2D eigenvalue weighted by molar-refractivity contribution is 8.44. The molecule has 0 radical (unpaired) electrons. The molecule has 5 heavy (non-hydrogen) atoms. The van der Waals surface area contributed by atoms with E-state index in [0.717, 1.165) is 0 Å². The van der Waals surface area contributed by atoms with Gasteiger partial charge in [-0.3, -0.25) is 3.97 Å². The largest absolute Gasteiger partial charge is 0.298 e. The molecule has 0 fully saturated rings. The quantitative estimate of drug-likeness (QED) is 0.411. The van der Waals surface area contributed by atoms with E-state index < -0.39 is 8.29 Å². The van der Waals surface area contributed by atoms with Crippen LogP contribution in [0, 0.1) is 0 Å². The summed E-state index contributed by atoms with van der Waals surface area (Å²) in [5.41, 5.74) is 0. The fraction of sp³-hybridized carbons (Fsp3) is 0. The highest BCUT2D eigenvalue weighted by Crippen LogP contribution is 1.80. The van der Waals surface area contributed by atoms with Crippen molar-refractivity contribution in [2.24, 2.45) is 0 Å². The molecule has 0 aromatic rings. The van der Waals surface area contributed by atoms with Crippen LogP contribution in [0.15, 0.2) is 0 Å². The number of hydrogen-bond acceptors (Lipinski definition) is 3. The fourth-order valence-corrected chi connectivity index (χ4v) is 0. The molecule has 1 nitrogen and oxygen atoms in total. The van der Waals surface area contributed by atoms with Crippen molar-refractivity contribution in [3.8, 4) is 0 Å². The van der Waals surface area contributed by atoms with Crippen molar-refractivity contribution in [2.75, 3.05) is 0 Å². The van der Waals surface area contributed by atoms with Crippen LogP contribution < -0.4 is 0 Å². The molecule has 0 N–H and O–H groups in total. The molecular weight excluding hydrogens is 143 g/mol. The van der Waals surface area contributed by atoms with E-state index >= 15 is 0 Å². The second-order valence-electron chi connectivity index (χ2n) is 0.329. The minimum absolute atomic E-state index is 0.969. The van der Waals surface area contributed by atoms with E-state index in [9.17, 15) is 0 Å². The normalized spacial score (nSPS) is 9.20. The molecule has 0 heterocycles. The maximum atomic E-state index is 4.42. The van der Waals surface area contributed by atoms with E-state index in [1.54, 1.807) is 0 Å². The van der Waals surface area contributed by atoms with Gasteiger partial charge in [-0.1, -0.05) is 0 Å². The third-order valence-corrected chi connectivity index (χ3v) is 2.32. The molecule has 0 bridgehead atoms. The molecule has 0 rings (SSSR count). The molecule has 0 spiro atoms. The van der Waals surface area contributed by atoms with E-state index in [0.29, 0.717) is 0 Å². The van der Waals surface area contributed by atoms with Crippen LogP contribution in [0.2, 0.25) is 0 Å². The number of thiol groups is 1. The second kappa shape index (κ2) is 3.37. The lowest BCUT2D eigenvalue weighted by Gasteiger charge is -1.73. The van der Waals surface area contributed by atoms with Gasteiger partial charge in [0, 0.05) is 17.8 Å². The first kappa shape index (κ1) is 6.18. The van der Waals surface area contributed by atoms with Crippen molar-refractivity contribution < 1.29 is 3.97 Å². The highest BCUT2D eigenvalue weighted by atomic mass is 33.1. The Hall–Kier alpha value is 1.18. The molecule has 0 aromatic carbocycles. The summed E-state index contributed by atoms with van der Waals surface area (Å²) in [6.45, 7) is 0. The molecule has 0 aliphatic rings. The van der Waals surface area contributed by atoms with Crippen LogP contribution in [0.5, 0.6) is 0 Å². The molecule has 5 heteroatoms. The van der Waals surface area contributed by atoms with Crippen LogP contribution in [-0.4, -0.2) is 0 Å². The zero-order chi connectivity index (χ0) is 4.28. The molecular formula is H3OPS3. The highest BCUT2D eigenvalue weighted by Gasteiger charge is 1.52. The van der Waals surface area contributed by atoms with Crippen LogP contribution in [0.3, 0.4) is 0 Å².